The second-order valence-corrected chi connectivity index (χ2v) is 2.38. The van der Waals surface area contributed by atoms with Gasteiger partial charge in [-0.15, -0.1) is 0 Å². The number of carboxylic acids is 1. The molecule has 76 valence electrons. The van der Waals surface area contributed by atoms with E-state index >= 15 is 0 Å². The number of amides is 1. The van der Waals surface area contributed by atoms with Crippen LogP contribution in [0.2, 0.25) is 0 Å². The summed E-state index contributed by atoms with van der Waals surface area (Å²) in [7, 11) is 0. The molecule has 2 N–H and O–H groups in total. The molecule has 0 aliphatic carbocycles. The molecule has 7 nitrogen and oxygen atoms in total. The van der Waals surface area contributed by atoms with Gasteiger partial charge in [-0.3, -0.25) is 9.63 Å². The number of carbonyl (C=O) groups is 2. The number of nitrogens with zero attached hydrogens (tertiary/aromatic N) is 1. The minimum Gasteiger partial charge on any atom is -0.479 e. The van der Waals surface area contributed by atoms with Crippen LogP contribution in [0.25, 0.3) is 0 Å². The fourth-order valence-corrected chi connectivity index (χ4v) is 0.730. The van der Waals surface area contributed by atoms with E-state index in [4.69, 9.17) is 9.52 Å². The van der Waals surface area contributed by atoms with Gasteiger partial charge in [0.05, 0.1) is 5.69 Å². The fraction of sp³-hybridized carbons (Fsp3) is 0.286. The van der Waals surface area contributed by atoms with Crippen LogP contribution < -0.4 is 5.48 Å². The van der Waals surface area contributed by atoms with E-state index < -0.39 is 18.5 Å². The highest BCUT2D eigenvalue weighted by molar-refractivity contribution is 5.91. The van der Waals surface area contributed by atoms with Crippen LogP contribution in [0, 0.1) is 6.92 Å². The molecule has 0 aliphatic rings. The Morgan fingerprint density at radius 2 is 2.43 bits per heavy atom. The average Bonchev–Trinajstić information content (AvgIpc) is 2.50. The van der Waals surface area contributed by atoms with Crippen LogP contribution in [0.5, 0.6) is 0 Å². The van der Waals surface area contributed by atoms with Crippen LogP contribution in [0.15, 0.2) is 10.8 Å². The van der Waals surface area contributed by atoms with E-state index in [0.717, 1.165) is 6.39 Å². The Bertz CT molecular complexity index is 346. The predicted molar refractivity (Wildman–Crippen MR) is 42.3 cm³/mol. The third-order valence-electron chi connectivity index (χ3n) is 1.31. The van der Waals surface area contributed by atoms with Crippen molar-refractivity contribution >= 4 is 11.9 Å². The molecule has 7 heteroatoms. The van der Waals surface area contributed by atoms with Crippen molar-refractivity contribution in [3.05, 3.63) is 17.8 Å². The SMILES string of the molecule is Cc1ncoc1C(=O)NOCC(=O)O. The lowest BCUT2D eigenvalue weighted by Crippen LogP contribution is -2.26. The van der Waals surface area contributed by atoms with Gasteiger partial charge in [0.15, 0.2) is 13.0 Å². The topological polar surface area (TPSA) is 102 Å². The van der Waals surface area contributed by atoms with Crippen molar-refractivity contribution in [1.29, 1.82) is 0 Å². The average molecular weight is 200 g/mol. The van der Waals surface area contributed by atoms with Crippen molar-refractivity contribution in [2.45, 2.75) is 6.92 Å². The lowest BCUT2D eigenvalue weighted by atomic mass is 10.4. The number of carbonyl (C=O) groups excluding carboxylic acids is 1. The maximum Gasteiger partial charge on any atom is 0.332 e. The highest BCUT2D eigenvalue weighted by atomic mass is 16.7. The molecule has 1 heterocycles. The lowest BCUT2D eigenvalue weighted by molar-refractivity contribution is -0.144. The summed E-state index contributed by atoms with van der Waals surface area (Å²) < 4.78 is 4.73. The Balaban J connectivity index is 2.44. The molecule has 0 radical (unpaired) electrons. The Morgan fingerprint density at radius 1 is 1.71 bits per heavy atom. The molecular weight excluding hydrogens is 192 g/mol. The van der Waals surface area contributed by atoms with Crippen molar-refractivity contribution < 1.29 is 24.0 Å². The van der Waals surface area contributed by atoms with Gasteiger partial charge < -0.3 is 9.52 Å². The summed E-state index contributed by atoms with van der Waals surface area (Å²) >= 11 is 0. The molecule has 0 saturated heterocycles. The van der Waals surface area contributed by atoms with E-state index in [0.29, 0.717) is 5.69 Å². The number of hydroxylamine groups is 1. The van der Waals surface area contributed by atoms with Gasteiger partial charge in [0.1, 0.15) is 0 Å². The molecule has 14 heavy (non-hydrogen) atoms. The summed E-state index contributed by atoms with van der Waals surface area (Å²) in [6.45, 7) is 0.967. The monoisotopic (exact) mass is 200 g/mol. The molecule has 0 aliphatic heterocycles. The molecule has 0 atom stereocenters. The summed E-state index contributed by atoms with van der Waals surface area (Å²) in [4.78, 5) is 29.2. The van der Waals surface area contributed by atoms with E-state index in [1.54, 1.807) is 6.92 Å². The van der Waals surface area contributed by atoms with Crippen LogP contribution in [0.4, 0.5) is 0 Å². The highest BCUT2D eigenvalue weighted by Gasteiger charge is 2.13. The molecule has 1 rings (SSSR count). The van der Waals surface area contributed by atoms with Gasteiger partial charge >= 0.3 is 11.9 Å². The largest absolute Gasteiger partial charge is 0.479 e. The summed E-state index contributed by atoms with van der Waals surface area (Å²) in [5.41, 5.74) is 2.31. The molecule has 0 bridgehead atoms. The van der Waals surface area contributed by atoms with Gasteiger partial charge in [0.2, 0.25) is 5.76 Å². The van der Waals surface area contributed by atoms with Crippen molar-refractivity contribution in [3.63, 3.8) is 0 Å². The number of rotatable bonds is 4. The summed E-state index contributed by atoms with van der Waals surface area (Å²) in [6, 6.07) is 0. The second kappa shape index (κ2) is 4.38. The van der Waals surface area contributed by atoms with Gasteiger partial charge in [-0.25, -0.2) is 15.3 Å². The number of aryl methyl sites for hydroxylation is 1. The molecule has 0 fully saturated rings. The number of aromatic nitrogens is 1. The summed E-state index contributed by atoms with van der Waals surface area (Å²) in [5, 5.41) is 8.20. The van der Waals surface area contributed by atoms with Crippen molar-refractivity contribution in [2.24, 2.45) is 0 Å². The molecule has 0 spiro atoms. The zero-order valence-corrected chi connectivity index (χ0v) is 7.31. The molecule has 1 aromatic heterocycles. The van der Waals surface area contributed by atoms with Crippen molar-refractivity contribution in [1.82, 2.24) is 10.5 Å². The normalized spacial score (nSPS) is 9.79. The van der Waals surface area contributed by atoms with E-state index in [2.05, 4.69) is 9.82 Å². The fourth-order valence-electron chi connectivity index (χ4n) is 0.730. The maximum absolute atomic E-state index is 11.1. The zero-order valence-electron chi connectivity index (χ0n) is 7.31. The first-order valence-electron chi connectivity index (χ1n) is 3.65. The van der Waals surface area contributed by atoms with E-state index in [-0.39, 0.29) is 5.76 Å². The molecule has 1 amide bonds. The highest BCUT2D eigenvalue weighted by Crippen LogP contribution is 2.03. The number of nitrogens with one attached hydrogen (secondary N) is 1. The third-order valence-corrected chi connectivity index (χ3v) is 1.31. The molecular formula is C7H8N2O5. The first-order chi connectivity index (χ1) is 6.61. The Labute approximate surface area is 78.6 Å². The van der Waals surface area contributed by atoms with E-state index in [1.165, 1.54) is 0 Å². The minimum atomic E-state index is -1.18. The Morgan fingerprint density at radius 3 is 2.93 bits per heavy atom. The van der Waals surface area contributed by atoms with Crippen LogP contribution in [-0.4, -0.2) is 28.6 Å². The number of carboxylic acid groups (broad SMARTS) is 1. The van der Waals surface area contributed by atoms with Gasteiger partial charge in [-0.1, -0.05) is 0 Å². The zero-order chi connectivity index (χ0) is 10.6. The summed E-state index contributed by atoms with van der Waals surface area (Å²) in [6.07, 6.45) is 1.11. The van der Waals surface area contributed by atoms with Crippen LogP contribution >= 0.6 is 0 Å². The smallest absolute Gasteiger partial charge is 0.332 e. The van der Waals surface area contributed by atoms with Crippen molar-refractivity contribution in [2.75, 3.05) is 6.61 Å². The Hall–Kier alpha value is -1.89. The third kappa shape index (κ3) is 2.56. The van der Waals surface area contributed by atoms with Crippen LogP contribution in [0.1, 0.15) is 16.2 Å². The standard InChI is InChI=1S/C7H8N2O5/c1-4-6(13-3-8-4)7(12)9-14-2-5(10)11/h3H,2H2,1H3,(H,9,12)(H,10,11). The maximum atomic E-state index is 11.1. The number of hydrogen-bond acceptors (Lipinski definition) is 5. The van der Waals surface area contributed by atoms with E-state index in [9.17, 15) is 9.59 Å². The number of hydrogen-bond donors (Lipinski definition) is 2. The predicted octanol–water partition coefficient (Wildman–Crippen LogP) is -0.271. The minimum absolute atomic E-state index is 0.00427. The molecule has 0 unspecified atom stereocenters. The Kier molecular flexibility index (Phi) is 3.19. The molecule has 1 aromatic rings. The van der Waals surface area contributed by atoms with Crippen LogP contribution in [0.3, 0.4) is 0 Å². The second-order valence-electron chi connectivity index (χ2n) is 2.38. The first kappa shape index (κ1) is 10.2. The molecule has 0 aromatic carbocycles. The molecule has 0 saturated carbocycles. The quantitative estimate of drug-likeness (QED) is 0.648. The van der Waals surface area contributed by atoms with Gasteiger partial charge in [0.25, 0.3) is 0 Å². The first-order valence-corrected chi connectivity index (χ1v) is 3.65. The van der Waals surface area contributed by atoms with Gasteiger partial charge in [-0.2, -0.15) is 0 Å². The number of oxazole rings is 1. The van der Waals surface area contributed by atoms with Crippen LogP contribution in [-0.2, 0) is 9.63 Å². The van der Waals surface area contributed by atoms with Gasteiger partial charge in [0, 0.05) is 0 Å². The van der Waals surface area contributed by atoms with Crippen molar-refractivity contribution in [3.8, 4) is 0 Å². The number of aliphatic carboxylic acids is 1. The lowest BCUT2D eigenvalue weighted by Gasteiger charge is -2.00. The van der Waals surface area contributed by atoms with E-state index in [1.807, 2.05) is 5.48 Å². The van der Waals surface area contributed by atoms with Gasteiger partial charge in [-0.05, 0) is 6.92 Å². The summed E-state index contributed by atoms with van der Waals surface area (Å²) in [5.74, 6) is -1.85.